The van der Waals surface area contributed by atoms with E-state index in [1.165, 1.54) is 11.1 Å². The summed E-state index contributed by atoms with van der Waals surface area (Å²) >= 11 is 0. The fraction of sp³-hybridized carbons (Fsp3) is 0.333. The van der Waals surface area contributed by atoms with Crippen molar-refractivity contribution in [2.75, 3.05) is 0 Å². The SMILES string of the molecule is CC=NCc1cccc(CN=CC)c1. The molecule has 1 aromatic carbocycles. The zero-order valence-corrected chi connectivity index (χ0v) is 8.77. The molecule has 0 spiro atoms. The lowest BCUT2D eigenvalue weighted by atomic mass is 10.1. The van der Waals surface area contributed by atoms with Crippen LogP contribution in [0.3, 0.4) is 0 Å². The maximum atomic E-state index is 4.20. The second-order valence-corrected chi connectivity index (χ2v) is 3.02. The van der Waals surface area contributed by atoms with Gasteiger partial charge in [0.05, 0.1) is 13.1 Å². The Bertz CT molecular complexity index is 298. The van der Waals surface area contributed by atoms with Gasteiger partial charge < -0.3 is 0 Å². The molecule has 0 bridgehead atoms. The highest BCUT2D eigenvalue weighted by Gasteiger charge is 1.93. The first-order valence-electron chi connectivity index (χ1n) is 4.83. The maximum absolute atomic E-state index is 4.20. The average molecular weight is 188 g/mol. The van der Waals surface area contributed by atoms with Crippen LogP contribution in [0.5, 0.6) is 0 Å². The van der Waals surface area contributed by atoms with Crippen molar-refractivity contribution in [3.8, 4) is 0 Å². The van der Waals surface area contributed by atoms with Gasteiger partial charge in [-0.25, -0.2) is 0 Å². The first-order valence-corrected chi connectivity index (χ1v) is 4.83. The van der Waals surface area contributed by atoms with E-state index in [0.717, 1.165) is 13.1 Å². The highest BCUT2D eigenvalue weighted by atomic mass is 14.7. The van der Waals surface area contributed by atoms with Crippen LogP contribution in [0.2, 0.25) is 0 Å². The molecule has 0 N–H and O–H groups in total. The van der Waals surface area contributed by atoms with Crippen molar-refractivity contribution in [3.05, 3.63) is 35.4 Å². The normalized spacial score (nSPS) is 11.6. The molecule has 0 amide bonds. The Kier molecular flexibility index (Phi) is 4.62. The number of hydrogen-bond donors (Lipinski definition) is 0. The third kappa shape index (κ3) is 3.52. The first kappa shape index (κ1) is 10.6. The first-order chi connectivity index (χ1) is 6.86. The zero-order valence-electron chi connectivity index (χ0n) is 8.77. The minimum absolute atomic E-state index is 0.764. The van der Waals surface area contributed by atoms with Gasteiger partial charge in [0.2, 0.25) is 0 Å². The van der Waals surface area contributed by atoms with Crippen molar-refractivity contribution in [2.45, 2.75) is 26.9 Å². The summed E-state index contributed by atoms with van der Waals surface area (Å²) in [7, 11) is 0. The zero-order chi connectivity index (χ0) is 10.2. The van der Waals surface area contributed by atoms with Crippen molar-refractivity contribution in [3.63, 3.8) is 0 Å². The molecule has 0 aliphatic rings. The predicted octanol–water partition coefficient (Wildman–Crippen LogP) is 2.87. The van der Waals surface area contributed by atoms with Crippen LogP contribution in [0.25, 0.3) is 0 Å². The number of aliphatic imine (C=N–C) groups is 2. The van der Waals surface area contributed by atoms with Gasteiger partial charge in [-0.1, -0.05) is 24.3 Å². The summed E-state index contributed by atoms with van der Waals surface area (Å²) in [6.45, 7) is 5.40. The topological polar surface area (TPSA) is 24.7 Å². The van der Waals surface area contributed by atoms with Gasteiger partial charge in [-0.2, -0.15) is 0 Å². The van der Waals surface area contributed by atoms with E-state index in [-0.39, 0.29) is 0 Å². The lowest BCUT2D eigenvalue weighted by molar-refractivity contribution is 1.03. The largest absolute Gasteiger partial charge is 0.293 e. The van der Waals surface area contributed by atoms with Crippen LogP contribution < -0.4 is 0 Å². The summed E-state index contributed by atoms with van der Waals surface area (Å²) in [5, 5.41) is 0. The minimum Gasteiger partial charge on any atom is -0.293 e. The van der Waals surface area contributed by atoms with Crippen LogP contribution in [0, 0.1) is 0 Å². The Labute approximate surface area is 85.4 Å². The summed E-state index contributed by atoms with van der Waals surface area (Å²) in [5.74, 6) is 0. The molecule has 0 atom stereocenters. The van der Waals surface area contributed by atoms with Gasteiger partial charge in [0.1, 0.15) is 0 Å². The highest BCUT2D eigenvalue weighted by molar-refractivity contribution is 5.53. The number of nitrogens with zero attached hydrogens (tertiary/aromatic N) is 2. The Balaban J connectivity index is 2.68. The lowest BCUT2D eigenvalue weighted by Gasteiger charge is -2.00. The van der Waals surface area contributed by atoms with Gasteiger partial charge in [-0.15, -0.1) is 0 Å². The summed E-state index contributed by atoms with van der Waals surface area (Å²) in [6.07, 6.45) is 3.66. The molecular weight excluding hydrogens is 172 g/mol. The monoisotopic (exact) mass is 188 g/mol. The van der Waals surface area contributed by atoms with Crippen molar-refractivity contribution in [1.29, 1.82) is 0 Å². The number of benzene rings is 1. The molecular formula is C12H16N2. The van der Waals surface area contributed by atoms with Gasteiger partial charge in [0, 0.05) is 0 Å². The quantitative estimate of drug-likeness (QED) is 0.649. The van der Waals surface area contributed by atoms with Crippen molar-refractivity contribution in [2.24, 2.45) is 9.98 Å². The second kappa shape index (κ2) is 6.08. The van der Waals surface area contributed by atoms with Crippen molar-refractivity contribution < 1.29 is 0 Å². The van der Waals surface area contributed by atoms with Crippen molar-refractivity contribution in [1.82, 2.24) is 0 Å². The van der Waals surface area contributed by atoms with Crippen LogP contribution in [-0.2, 0) is 13.1 Å². The van der Waals surface area contributed by atoms with Gasteiger partial charge in [-0.05, 0) is 37.4 Å². The second-order valence-electron chi connectivity index (χ2n) is 3.02. The van der Waals surface area contributed by atoms with Crippen LogP contribution in [-0.4, -0.2) is 12.4 Å². The van der Waals surface area contributed by atoms with Gasteiger partial charge in [-0.3, -0.25) is 9.98 Å². The number of rotatable bonds is 4. The Hall–Kier alpha value is -1.44. The smallest absolute Gasteiger partial charge is 0.0635 e. The van der Waals surface area contributed by atoms with Gasteiger partial charge in [0.15, 0.2) is 0 Å². The summed E-state index contributed by atoms with van der Waals surface area (Å²) < 4.78 is 0. The fourth-order valence-electron chi connectivity index (χ4n) is 1.22. The highest BCUT2D eigenvalue weighted by Crippen LogP contribution is 2.07. The van der Waals surface area contributed by atoms with E-state index in [2.05, 4.69) is 34.3 Å². The van der Waals surface area contributed by atoms with Gasteiger partial charge >= 0.3 is 0 Å². The lowest BCUT2D eigenvalue weighted by Crippen LogP contribution is -1.86. The van der Waals surface area contributed by atoms with Crippen LogP contribution >= 0.6 is 0 Å². The Morgan fingerprint density at radius 1 is 1.00 bits per heavy atom. The van der Waals surface area contributed by atoms with E-state index < -0.39 is 0 Å². The average Bonchev–Trinajstić information content (AvgIpc) is 2.24. The molecule has 0 heterocycles. The molecule has 0 fully saturated rings. The maximum Gasteiger partial charge on any atom is 0.0635 e. The molecule has 1 rings (SSSR count). The molecule has 74 valence electrons. The summed E-state index contributed by atoms with van der Waals surface area (Å²) in [6, 6.07) is 8.39. The Morgan fingerprint density at radius 2 is 1.50 bits per heavy atom. The molecule has 0 aliphatic carbocycles. The van der Waals surface area contributed by atoms with Crippen LogP contribution in [0.1, 0.15) is 25.0 Å². The van der Waals surface area contributed by atoms with Gasteiger partial charge in [0.25, 0.3) is 0 Å². The van der Waals surface area contributed by atoms with E-state index in [9.17, 15) is 0 Å². The fourth-order valence-corrected chi connectivity index (χ4v) is 1.22. The minimum atomic E-state index is 0.764. The van der Waals surface area contributed by atoms with Crippen LogP contribution in [0.4, 0.5) is 0 Å². The molecule has 0 saturated carbocycles. The van der Waals surface area contributed by atoms with E-state index in [1.54, 1.807) is 0 Å². The Morgan fingerprint density at radius 3 is 1.93 bits per heavy atom. The molecule has 0 radical (unpaired) electrons. The molecule has 0 unspecified atom stereocenters. The molecule has 0 aliphatic heterocycles. The standard InChI is InChI=1S/C12H16N2/c1-3-13-9-11-6-5-7-12(8-11)10-14-4-2/h3-8H,9-10H2,1-2H3. The molecule has 0 aromatic heterocycles. The number of hydrogen-bond acceptors (Lipinski definition) is 2. The van der Waals surface area contributed by atoms with E-state index in [0.29, 0.717) is 0 Å². The van der Waals surface area contributed by atoms with E-state index in [4.69, 9.17) is 0 Å². The summed E-state index contributed by atoms with van der Waals surface area (Å²) in [4.78, 5) is 8.40. The third-order valence-electron chi connectivity index (χ3n) is 1.90. The molecule has 14 heavy (non-hydrogen) atoms. The van der Waals surface area contributed by atoms with E-state index in [1.807, 2.05) is 26.3 Å². The van der Waals surface area contributed by atoms with E-state index >= 15 is 0 Å². The molecule has 2 nitrogen and oxygen atoms in total. The molecule has 1 aromatic rings. The predicted molar refractivity (Wildman–Crippen MR) is 62.2 cm³/mol. The third-order valence-corrected chi connectivity index (χ3v) is 1.90. The molecule has 2 heteroatoms. The van der Waals surface area contributed by atoms with Crippen molar-refractivity contribution >= 4 is 12.4 Å². The summed E-state index contributed by atoms with van der Waals surface area (Å²) in [5.41, 5.74) is 2.49. The van der Waals surface area contributed by atoms with Crippen LogP contribution in [0.15, 0.2) is 34.3 Å². The molecule has 0 saturated heterocycles.